The minimum absolute atomic E-state index is 0. The van der Waals surface area contributed by atoms with Crippen molar-refractivity contribution in [2.75, 3.05) is 20.1 Å². The molecule has 2 aromatic rings. The average Bonchev–Trinajstić information content (AvgIpc) is 3.07. The number of aliphatic hydroxyl groups excluding tert-OH is 1. The number of nitrogens with zero attached hydrogens (tertiary/aromatic N) is 3. The van der Waals surface area contributed by atoms with Gasteiger partial charge in [-0.1, -0.05) is 23.7 Å². The monoisotopic (exact) mass is 534 g/mol. The summed E-state index contributed by atoms with van der Waals surface area (Å²) in [6, 6.07) is 7.23. The van der Waals surface area contributed by atoms with Gasteiger partial charge in [-0.3, -0.25) is 4.99 Å². The summed E-state index contributed by atoms with van der Waals surface area (Å²) in [7, 11) is 2.01. The van der Waals surface area contributed by atoms with E-state index in [9.17, 15) is 5.11 Å². The fourth-order valence-electron chi connectivity index (χ4n) is 3.18. The number of aliphatic hydroxyl groups is 1. The Morgan fingerprint density at radius 3 is 2.71 bits per heavy atom. The van der Waals surface area contributed by atoms with E-state index in [4.69, 9.17) is 16.6 Å². The molecule has 8 heteroatoms. The maximum Gasteiger partial charge on any atom is 0.194 e. The maximum atomic E-state index is 10.4. The first kappa shape index (κ1) is 23.4. The molecule has 3 rings (SSSR count). The summed E-state index contributed by atoms with van der Waals surface area (Å²) < 4.78 is 0. The van der Waals surface area contributed by atoms with Crippen LogP contribution >= 0.6 is 46.9 Å². The lowest BCUT2D eigenvalue weighted by molar-refractivity contribution is 0.186. The molecule has 0 radical (unpaired) electrons. The molecular formula is C20H28ClIN4OS. The number of fused-ring (bicyclic) bond motifs is 1. The van der Waals surface area contributed by atoms with Crippen LogP contribution in [0.15, 0.2) is 29.3 Å². The largest absolute Gasteiger partial charge is 0.386 e. The van der Waals surface area contributed by atoms with E-state index in [1.165, 1.54) is 23.4 Å². The molecule has 0 bridgehead atoms. The topological polar surface area (TPSA) is 60.8 Å². The second-order valence-corrected chi connectivity index (χ2v) is 8.41. The fraction of sp³-hybridized carbons (Fsp3) is 0.500. The molecule has 28 heavy (non-hydrogen) atoms. The van der Waals surface area contributed by atoms with Crippen molar-refractivity contribution in [2.24, 2.45) is 4.99 Å². The molecule has 0 saturated carbocycles. The van der Waals surface area contributed by atoms with E-state index >= 15 is 0 Å². The number of benzene rings is 1. The molecule has 0 saturated heterocycles. The number of aryl methyl sites for hydroxylation is 2. The average molecular weight is 535 g/mol. The van der Waals surface area contributed by atoms with E-state index in [0.29, 0.717) is 11.6 Å². The Bertz CT molecular complexity index is 758. The summed E-state index contributed by atoms with van der Waals surface area (Å²) in [5.74, 6) is 0.777. The van der Waals surface area contributed by atoms with Gasteiger partial charge in [-0.2, -0.15) is 0 Å². The van der Waals surface area contributed by atoms with Gasteiger partial charge in [0.1, 0.15) is 5.01 Å². The number of hydrogen-bond acceptors (Lipinski definition) is 4. The van der Waals surface area contributed by atoms with Gasteiger partial charge in [0.15, 0.2) is 5.96 Å². The fourth-order valence-corrected chi connectivity index (χ4v) is 4.52. The van der Waals surface area contributed by atoms with Gasteiger partial charge in [-0.25, -0.2) is 4.98 Å². The lowest BCUT2D eigenvalue weighted by Gasteiger charge is -2.21. The van der Waals surface area contributed by atoms with E-state index < -0.39 is 6.10 Å². The molecule has 1 atom stereocenters. The van der Waals surface area contributed by atoms with E-state index in [1.54, 1.807) is 12.1 Å². The summed E-state index contributed by atoms with van der Waals surface area (Å²) in [6.07, 6.45) is 4.14. The van der Waals surface area contributed by atoms with Crippen LogP contribution in [-0.2, 0) is 19.4 Å². The Hall–Kier alpha value is -0.900. The van der Waals surface area contributed by atoms with Crippen LogP contribution in [0, 0.1) is 0 Å². The van der Waals surface area contributed by atoms with Crippen molar-refractivity contribution < 1.29 is 5.11 Å². The van der Waals surface area contributed by atoms with Crippen molar-refractivity contribution in [1.29, 1.82) is 0 Å². The predicted octanol–water partition coefficient (Wildman–Crippen LogP) is 4.42. The zero-order chi connectivity index (χ0) is 19.2. The molecule has 0 amide bonds. The van der Waals surface area contributed by atoms with Crippen molar-refractivity contribution in [3.05, 3.63) is 50.4 Å². The standard InChI is InChI=1S/C20H27ClN4OS.HI/c1-3-22-20(23-12-17(26)14-8-10-15(21)11-9-14)25(2)13-19-24-16-6-4-5-7-18(16)27-19;/h8-11,17,26H,3-7,12-13H2,1-2H3,(H,22,23);1H. The van der Waals surface area contributed by atoms with Gasteiger partial charge in [0.05, 0.1) is 24.9 Å². The summed E-state index contributed by atoms with van der Waals surface area (Å²) in [5.41, 5.74) is 2.10. The molecule has 0 fully saturated rings. The van der Waals surface area contributed by atoms with Gasteiger partial charge in [0.2, 0.25) is 0 Å². The highest BCUT2D eigenvalue weighted by molar-refractivity contribution is 14.0. The third-order valence-electron chi connectivity index (χ3n) is 4.63. The first-order valence-electron chi connectivity index (χ1n) is 9.47. The Morgan fingerprint density at radius 1 is 1.32 bits per heavy atom. The van der Waals surface area contributed by atoms with Gasteiger partial charge >= 0.3 is 0 Å². The van der Waals surface area contributed by atoms with E-state index in [1.807, 2.05) is 37.4 Å². The van der Waals surface area contributed by atoms with E-state index in [0.717, 1.165) is 42.5 Å². The number of aliphatic imine (C=N–C) groups is 1. The number of thiazole rings is 1. The molecule has 5 nitrogen and oxygen atoms in total. The Balaban J connectivity index is 0.00000280. The number of hydrogen-bond donors (Lipinski definition) is 2. The number of guanidine groups is 1. The lowest BCUT2D eigenvalue weighted by atomic mass is 10.0. The van der Waals surface area contributed by atoms with E-state index in [-0.39, 0.29) is 24.0 Å². The first-order chi connectivity index (χ1) is 13.1. The zero-order valence-corrected chi connectivity index (χ0v) is 20.2. The van der Waals surface area contributed by atoms with Gasteiger partial charge in [0, 0.05) is 23.5 Å². The second-order valence-electron chi connectivity index (χ2n) is 6.80. The summed E-state index contributed by atoms with van der Waals surface area (Å²) in [4.78, 5) is 13.0. The normalized spacial score (nSPS) is 14.8. The molecule has 1 aliphatic rings. The first-order valence-corrected chi connectivity index (χ1v) is 10.7. The SMILES string of the molecule is CCNC(=NCC(O)c1ccc(Cl)cc1)N(C)Cc1nc2c(s1)CCCC2.I. The van der Waals surface area contributed by atoms with Crippen LogP contribution in [0.25, 0.3) is 0 Å². The van der Waals surface area contributed by atoms with Crippen molar-refractivity contribution in [3.8, 4) is 0 Å². The molecule has 1 heterocycles. The Labute approximate surface area is 193 Å². The second kappa shape index (κ2) is 11.3. The molecule has 0 aliphatic heterocycles. The molecule has 1 aromatic carbocycles. The molecule has 2 N–H and O–H groups in total. The quantitative estimate of drug-likeness (QED) is 0.327. The van der Waals surface area contributed by atoms with Crippen LogP contribution < -0.4 is 5.32 Å². The molecule has 154 valence electrons. The third-order valence-corrected chi connectivity index (χ3v) is 6.02. The van der Waals surface area contributed by atoms with Crippen LogP contribution in [0.1, 0.15) is 47.0 Å². The number of aromatic nitrogens is 1. The van der Waals surface area contributed by atoms with Crippen molar-refractivity contribution in [1.82, 2.24) is 15.2 Å². The van der Waals surface area contributed by atoms with Crippen LogP contribution in [0.3, 0.4) is 0 Å². The van der Waals surface area contributed by atoms with Gasteiger partial charge < -0.3 is 15.3 Å². The van der Waals surface area contributed by atoms with Gasteiger partial charge in [0.25, 0.3) is 0 Å². The molecule has 1 aliphatic carbocycles. The van der Waals surface area contributed by atoms with Crippen LogP contribution in [0.5, 0.6) is 0 Å². The molecule has 0 spiro atoms. The summed E-state index contributed by atoms with van der Waals surface area (Å²) in [6.45, 7) is 3.83. The minimum atomic E-state index is -0.656. The smallest absolute Gasteiger partial charge is 0.194 e. The van der Waals surface area contributed by atoms with Gasteiger partial charge in [-0.05, 0) is 50.3 Å². The van der Waals surface area contributed by atoms with Crippen LogP contribution in [0.4, 0.5) is 0 Å². The highest BCUT2D eigenvalue weighted by Crippen LogP contribution is 2.27. The highest BCUT2D eigenvalue weighted by Gasteiger charge is 2.17. The number of rotatable bonds is 6. The summed E-state index contributed by atoms with van der Waals surface area (Å²) in [5, 5.41) is 15.5. The number of halogens is 2. The lowest BCUT2D eigenvalue weighted by Crippen LogP contribution is -2.38. The van der Waals surface area contributed by atoms with Crippen molar-refractivity contribution >= 4 is 52.9 Å². The van der Waals surface area contributed by atoms with Crippen molar-refractivity contribution in [3.63, 3.8) is 0 Å². The maximum absolute atomic E-state index is 10.4. The van der Waals surface area contributed by atoms with Crippen LogP contribution in [0.2, 0.25) is 5.02 Å². The Morgan fingerprint density at radius 2 is 2.04 bits per heavy atom. The highest BCUT2D eigenvalue weighted by atomic mass is 127. The molecule has 1 aromatic heterocycles. The third kappa shape index (κ3) is 6.30. The summed E-state index contributed by atoms with van der Waals surface area (Å²) >= 11 is 7.73. The van der Waals surface area contributed by atoms with Crippen LogP contribution in [-0.4, -0.2) is 41.1 Å². The Kier molecular flexibility index (Phi) is 9.46. The van der Waals surface area contributed by atoms with E-state index in [2.05, 4.69) is 15.2 Å². The molecular weight excluding hydrogens is 507 g/mol. The zero-order valence-electron chi connectivity index (χ0n) is 16.3. The molecule has 1 unspecified atom stereocenters. The number of nitrogens with one attached hydrogen (secondary N) is 1. The van der Waals surface area contributed by atoms with Gasteiger partial charge in [-0.15, -0.1) is 35.3 Å². The predicted molar refractivity (Wildman–Crippen MR) is 128 cm³/mol. The van der Waals surface area contributed by atoms with Crippen molar-refractivity contribution in [2.45, 2.75) is 45.3 Å². The minimum Gasteiger partial charge on any atom is -0.386 e.